The van der Waals surface area contributed by atoms with E-state index >= 15 is 0 Å². The van der Waals surface area contributed by atoms with Crippen LogP contribution in [0, 0.1) is 0 Å². The maximum absolute atomic E-state index is 8.91. The first-order valence-electron chi connectivity index (χ1n) is 3.15. The van der Waals surface area contributed by atoms with E-state index in [2.05, 4.69) is 5.10 Å². The number of nitrogen functional groups attached to an aromatic ring is 1. The topological polar surface area (TPSA) is 64.1 Å². The first-order valence-corrected chi connectivity index (χ1v) is 3.15. The highest BCUT2D eigenvalue weighted by Crippen LogP contribution is 1.96. The number of nitrogens with two attached hydrogens (primary N) is 1. The van der Waals surface area contributed by atoms with E-state index in [4.69, 9.17) is 10.8 Å². The van der Waals surface area contributed by atoms with Crippen LogP contribution < -0.4 is 5.73 Å². The minimum Gasteiger partial charge on any atom is -0.391 e. The van der Waals surface area contributed by atoms with E-state index in [1.165, 1.54) is 0 Å². The molecular formula is C6H11N3O. The monoisotopic (exact) mass is 141 g/mol. The molecule has 0 aliphatic heterocycles. The van der Waals surface area contributed by atoms with Gasteiger partial charge in [0.25, 0.3) is 0 Å². The third kappa shape index (κ3) is 1.73. The van der Waals surface area contributed by atoms with Gasteiger partial charge in [0.05, 0.1) is 12.6 Å². The Hall–Kier alpha value is -1.03. The van der Waals surface area contributed by atoms with Crippen LogP contribution in [0.3, 0.4) is 0 Å². The highest BCUT2D eigenvalue weighted by Gasteiger charge is 1.97. The van der Waals surface area contributed by atoms with Crippen molar-refractivity contribution in [1.29, 1.82) is 0 Å². The van der Waals surface area contributed by atoms with Gasteiger partial charge in [-0.3, -0.25) is 4.68 Å². The molecule has 1 rings (SSSR count). The van der Waals surface area contributed by atoms with Gasteiger partial charge in [0, 0.05) is 6.20 Å². The molecular weight excluding hydrogens is 130 g/mol. The van der Waals surface area contributed by atoms with Gasteiger partial charge in [-0.1, -0.05) is 0 Å². The molecule has 0 aliphatic carbocycles. The lowest BCUT2D eigenvalue weighted by atomic mass is 10.4. The average molecular weight is 141 g/mol. The fourth-order valence-electron chi connectivity index (χ4n) is 0.750. The maximum Gasteiger partial charge on any atom is 0.145 e. The first kappa shape index (κ1) is 7.08. The van der Waals surface area contributed by atoms with Crippen LogP contribution in [0.25, 0.3) is 0 Å². The molecule has 0 spiro atoms. The lowest BCUT2D eigenvalue weighted by Gasteiger charge is -2.02. The molecule has 0 radical (unpaired) electrons. The summed E-state index contributed by atoms with van der Waals surface area (Å²) in [6.07, 6.45) is 1.36. The first-order chi connectivity index (χ1) is 4.68. The van der Waals surface area contributed by atoms with Crippen LogP contribution in [0.4, 0.5) is 5.82 Å². The number of aliphatic hydroxyl groups is 1. The Morgan fingerprint density at radius 2 is 2.60 bits per heavy atom. The zero-order chi connectivity index (χ0) is 7.56. The molecule has 0 fully saturated rings. The van der Waals surface area contributed by atoms with E-state index in [0.29, 0.717) is 12.4 Å². The van der Waals surface area contributed by atoms with Crippen molar-refractivity contribution < 1.29 is 5.11 Å². The lowest BCUT2D eigenvalue weighted by molar-refractivity contribution is 0.168. The second kappa shape index (κ2) is 2.70. The molecule has 1 aromatic rings. The molecule has 0 aliphatic rings. The minimum absolute atomic E-state index is 0.376. The van der Waals surface area contributed by atoms with Crippen LogP contribution in [0.1, 0.15) is 6.92 Å². The van der Waals surface area contributed by atoms with Gasteiger partial charge in [-0.2, -0.15) is 5.10 Å². The number of rotatable bonds is 2. The van der Waals surface area contributed by atoms with Gasteiger partial charge in [0.15, 0.2) is 0 Å². The van der Waals surface area contributed by atoms with Crippen molar-refractivity contribution in [3.8, 4) is 0 Å². The third-order valence-corrected chi connectivity index (χ3v) is 1.11. The Labute approximate surface area is 59.3 Å². The van der Waals surface area contributed by atoms with E-state index in [1.807, 2.05) is 0 Å². The third-order valence-electron chi connectivity index (χ3n) is 1.11. The maximum atomic E-state index is 8.91. The van der Waals surface area contributed by atoms with Crippen molar-refractivity contribution >= 4 is 5.82 Å². The molecule has 1 aromatic heterocycles. The molecule has 4 nitrogen and oxygen atoms in total. The number of nitrogens with zero attached hydrogens (tertiary/aromatic N) is 2. The number of aliphatic hydroxyl groups excluding tert-OH is 1. The van der Waals surface area contributed by atoms with Gasteiger partial charge >= 0.3 is 0 Å². The minimum atomic E-state index is -0.376. The fraction of sp³-hybridized carbons (Fsp3) is 0.500. The summed E-state index contributed by atoms with van der Waals surface area (Å²) in [4.78, 5) is 0. The van der Waals surface area contributed by atoms with Crippen LogP contribution in [-0.4, -0.2) is 21.0 Å². The highest BCUT2D eigenvalue weighted by molar-refractivity contribution is 5.23. The van der Waals surface area contributed by atoms with Gasteiger partial charge in [-0.25, -0.2) is 0 Å². The molecule has 0 saturated carbocycles. The summed E-state index contributed by atoms with van der Waals surface area (Å²) in [7, 11) is 0. The van der Waals surface area contributed by atoms with E-state index in [0.717, 1.165) is 0 Å². The molecule has 1 heterocycles. The predicted molar refractivity (Wildman–Crippen MR) is 38.3 cm³/mol. The zero-order valence-electron chi connectivity index (χ0n) is 5.86. The molecule has 10 heavy (non-hydrogen) atoms. The number of aromatic nitrogens is 2. The standard InChI is InChI=1S/C6H11N3O/c1-5(10)4-9-3-2-6(7)8-9/h2-3,5,10H,4H2,1H3,(H2,7,8)/t5-/m1/s1. The van der Waals surface area contributed by atoms with Crippen molar-refractivity contribution in [3.63, 3.8) is 0 Å². The molecule has 0 amide bonds. The summed E-state index contributed by atoms with van der Waals surface area (Å²) in [6, 6.07) is 1.70. The second-order valence-electron chi connectivity index (χ2n) is 2.31. The van der Waals surface area contributed by atoms with Crippen LogP contribution in [0.2, 0.25) is 0 Å². The van der Waals surface area contributed by atoms with E-state index in [9.17, 15) is 0 Å². The molecule has 4 heteroatoms. The Kier molecular flexibility index (Phi) is 1.91. The molecule has 0 unspecified atom stereocenters. The van der Waals surface area contributed by atoms with Crippen LogP contribution >= 0.6 is 0 Å². The van der Waals surface area contributed by atoms with Crippen molar-refractivity contribution in [2.75, 3.05) is 5.73 Å². The number of anilines is 1. The summed E-state index contributed by atoms with van der Waals surface area (Å²) >= 11 is 0. The van der Waals surface area contributed by atoms with E-state index in [1.54, 1.807) is 23.9 Å². The van der Waals surface area contributed by atoms with Gasteiger partial charge in [0.2, 0.25) is 0 Å². The van der Waals surface area contributed by atoms with Crippen LogP contribution in [0.15, 0.2) is 12.3 Å². The molecule has 1 atom stereocenters. The van der Waals surface area contributed by atoms with Gasteiger partial charge in [-0.15, -0.1) is 0 Å². The smallest absolute Gasteiger partial charge is 0.145 e. The summed E-state index contributed by atoms with van der Waals surface area (Å²) < 4.78 is 1.61. The fourth-order valence-corrected chi connectivity index (χ4v) is 0.750. The number of hydrogen-bond acceptors (Lipinski definition) is 3. The molecule has 56 valence electrons. The quantitative estimate of drug-likeness (QED) is 0.601. The largest absolute Gasteiger partial charge is 0.391 e. The molecule has 0 saturated heterocycles. The van der Waals surface area contributed by atoms with Gasteiger partial charge in [0.1, 0.15) is 5.82 Å². The predicted octanol–water partition coefficient (Wildman–Crippen LogP) is -0.154. The molecule has 0 bridgehead atoms. The summed E-state index contributed by atoms with van der Waals surface area (Å²) in [6.45, 7) is 2.20. The highest BCUT2D eigenvalue weighted by atomic mass is 16.3. The average Bonchev–Trinajstić information content (AvgIpc) is 2.13. The SMILES string of the molecule is C[C@@H](O)Cn1ccc(N)n1. The van der Waals surface area contributed by atoms with Crippen LogP contribution in [-0.2, 0) is 6.54 Å². The Morgan fingerprint density at radius 3 is 3.00 bits per heavy atom. The van der Waals surface area contributed by atoms with E-state index in [-0.39, 0.29) is 6.10 Å². The molecule has 3 N–H and O–H groups in total. The zero-order valence-corrected chi connectivity index (χ0v) is 5.86. The van der Waals surface area contributed by atoms with Gasteiger partial charge < -0.3 is 10.8 Å². The van der Waals surface area contributed by atoms with Crippen molar-refractivity contribution in [2.24, 2.45) is 0 Å². The van der Waals surface area contributed by atoms with Crippen molar-refractivity contribution in [1.82, 2.24) is 9.78 Å². The van der Waals surface area contributed by atoms with E-state index < -0.39 is 0 Å². The Morgan fingerprint density at radius 1 is 1.90 bits per heavy atom. The summed E-state index contributed by atoms with van der Waals surface area (Å²) in [5, 5.41) is 12.8. The number of hydrogen-bond donors (Lipinski definition) is 2. The van der Waals surface area contributed by atoms with Crippen LogP contribution in [0.5, 0.6) is 0 Å². The molecule has 0 aromatic carbocycles. The van der Waals surface area contributed by atoms with Crippen molar-refractivity contribution in [3.05, 3.63) is 12.3 Å². The second-order valence-corrected chi connectivity index (χ2v) is 2.31. The van der Waals surface area contributed by atoms with Crippen molar-refractivity contribution in [2.45, 2.75) is 19.6 Å². The normalized spacial score (nSPS) is 13.4. The lowest BCUT2D eigenvalue weighted by Crippen LogP contribution is -2.12. The Balaban J connectivity index is 2.58. The van der Waals surface area contributed by atoms with Gasteiger partial charge in [-0.05, 0) is 13.0 Å². The Bertz CT molecular complexity index is 207. The summed E-state index contributed by atoms with van der Waals surface area (Å²) in [5.41, 5.74) is 5.34. The summed E-state index contributed by atoms with van der Waals surface area (Å²) in [5.74, 6) is 0.487.